The summed E-state index contributed by atoms with van der Waals surface area (Å²) in [5, 5.41) is 8.61. The van der Waals surface area contributed by atoms with Crippen LogP contribution < -0.4 is 26.2 Å². The van der Waals surface area contributed by atoms with E-state index in [2.05, 4.69) is 25.9 Å². The van der Waals surface area contributed by atoms with Crippen LogP contribution in [0.4, 0.5) is 23.1 Å². The Kier molecular flexibility index (Phi) is 5.83. The molecule has 0 radical (unpaired) electrons. The lowest BCUT2D eigenvalue weighted by Gasteiger charge is -2.24. The summed E-state index contributed by atoms with van der Waals surface area (Å²) in [4.78, 5) is 45.1. The fourth-order valence-corrected chi connectivity index (χ4v) is 3.75. The molecular formula is C22H20ClN5O4. The SMILES string of the molecule is COc1ccccc1Nc1nc2c(c(=O)[nH]1)C(C(=O)Nc1ccc(C)cc1Cl)CC(=O)N2. The van der Waals surface area contributed by atoms with E-state index in [1.807, 2.05) is 6.92 Å². The molecule has 164 valence electrons. The van der Waals surface area contributed by atoms with Crippen molar-refractivity contribution < 1.29 is 14.3 Å². The van der Waals surface area contributed by atoms with E-state index in [0.29, 0.717) is 22.1 Å². The van der Waals surface area contributed by atoms with Crippen LogP contribution in [-0.4, -0.2) is 28.9 Å². The van der Waals surface area contributed by atoms with Crippen molar-refractivity contribution in [2.75, 3.05) is 23.1 Å². The Morgan fingerprint density at radius 3 is 2.72 bits per heavy atom. The lowest BCUT2D eigenvalue weighted by atomic mass is 9.92. The van der Waals surface area contributed by atoms with E-state index in [0.717, 1.165) is 5.56 Å². The maximum Gasteiger partial charge on any atom is 0.258 e. The zero-order valence-corrected chi connectivity index (χ0v) is 18.0. The maximum absolute atomic E-state index is 13.0. The molecule has 0 aliphatic carbocycles. The minimum absolute atomic E-state index is 0.0255. The number of carbonyl (C=O) groups is 2. The third kappa shape index (κ3) is 4.28. The average Bonchev–Trinajstić information content (AvgIpc) is 2.75. The Morgan fingerprint density at radius 1 is 1.19 bits per heavy atom. The molecule has 4 rings (SSSR count). The van der Waals surface area contributed by atoms with Gasteiger partial charge in [-0.1, -0.05) is 29.8 Å². The summed E-state index contributed by atoms with van der Waals surface area (Å²) >= 11 is 6.20. The molecule has 1 unspecified atom stereocenters. The van der Waals surface area contributed by atoms with Gasteiger partial charge in [-0.05, 0) is 36.8 Å². The van der Waals surface area contributed by atoms with Gasteiger partial charge in [0.15, 0.2) is 0 Å². The van der Waals surface area contributed by atoms with E-state index in [-0.39, 0.29) is 23.8 Å². The van der Waals surface area contributed by atoms with E-state index in [9.17, 15) is 14.4 Å². The molecule has 0 saturated heterocycles. The molecule has 1 aliphatic heterocycles. The standard InChI is InChI=1S/C22H20ClN5O4/c1-11-7-8-14(13(23)9-11)24-20(30)12-10-17(29)26-19-18(12)21(31)28-22(27-19)25-15-5-3-4-6-16(15)32-2/h3-9,12H,10H2,1-2H3,(H,24,30)(H3,25,26,27,28,29,31). The fraction of sp³-hybridized carbons (Fsp3) is 0.182. The van der Waals surface area contributed by atoms with Crippen molar-refractivity contribution in [2.45, 2.75) is 19.3 Å². The highest BCUT2D eigenvalue weighted by molar-refractivity contribution is 6.33. The zero-order valence-electron chi connectivity index (χ0n) is 17.3. The van der Waals surface area contributed by atoms with Crippen LogP contribution >= 0.6 is 11.6 Å². The molecule has 1 aliphatic rings. The molecule has 1 aromatic heterocycles. The van der Waals surface area contributed by atoms with Crippen LogP contribution in [-0.2, 0) is 9.59 Å². The summed E-state index contributed by atoms with van der Waals surface area (Å²) in [7, 11) is 1.52. The van der Waals surface area contributed by atoms with Gasteiger partial charge >= 0.3 is 0 Å². The number of hydrogen-bond acceptors (Lipinski definition) is 6. The number of H-pyrrole nitrogens is 1. The number of fused-ring (bicyclic) bond motifs is 1. The highest BCUT2D eigenvalue weighted by Gasteiger charge is 2.35. The van der Waals surface area contributed by atoms with E-state index in [4.69, 9.17) is 16.3 Å². The third-order valence-electron chi connectivity index (χ3n) is 5.01. The minimum Gasteiger partial charge on any atom is -0.495 e. The molecule has 3 aromatic rings. The molecule has 10 heteroatoms. The second kappa shape index (κ2) is 8.72. The van der Waals surface area contributed by atoms with Gasteiger partial charge in [0.2, 0.25) is 17.8 Å². The molecule has 1 atom stereocenters. The fourth-order valence-electron chi connectivity index (χ4n) is 3.47. The summed E-state index contributed by atoms with van der Waals surface area (Å²) < 4.78 is 5.28. The molecule has 0 spiro atoms. The first-order valence-corrected chi connectivity index (χ1v) is 10.1. The maximum atomic E-state index is 13.0. The number of aromatic amines is 1. The zero-order chi connectivity index (χ0) is 22.8. The van der Waals surface area contributed by atoms with Gasteiger partial charge in [-0.3, -0.25) is 19.4 Å². The van der Waals surface area contributed by atoms with Crippen molar-refractivity contribution in [1.82, 2.24) is 9.97 Å². The summed E-state index contributed by atoms with van der Waals surface area (Å²) in [6, 6.07) is 12.3. The second-order valence-corrected chi connectivity index (χ2v) is 7.69. The number of halogens is 1. The molecule has 9 nitrogen and oxygen atoms in total. The number of anilines is 4. The van der Waals surface area contributed by atoms with E-state index in [1.165, 1.54) is 7.11 Å². The van der Waals surface area contributed by atoms with Crippen LogP contribution in [0, 0.1) is 6.92 Å². The lowest BCUT2D eigenvalue weighted by Crippen LogP contribution is -2.36. The van der Waals surface area contributed by atoms with Crippen molar-refractivity contribution in [3.8, 4) is 5.75 Å². The van der Waals surface area contributed by atoms with Crippen LogP contribution in [0.3, 0.4) is 0 Å². The Balaban J connectivity index is 1.65. The molecule has 2 heterocycles. The average molecular weight is 454 g/mol. The van der Waals surface area contributed by atoms with Crippen molar-refractivity contribution in [3.63, 3.8) is 0 Å². The summed E-state index contributed by atoms with van der Waals surface area (Å²) in [5.41, 5.74) is 1.45. The summed E-state index contributed by atoms with van der Waals surface area (Å²) in [6.07, 6.45) is -0.188. The van der Waals surface area contributed by atoms with Gasteiger partial charge in [0.1, 0.15) is 11.6 Å². The van der Waals surface area contributed by atoms with Gasteiger partial charge in [0, 0.05) is 6.42 Å². The largest absolute Gasteiger partial charge is 0.495 e. The lowest BCUT2D eigenvalue weighted by molar-refractivity contribution is -0.123. The van der Waals surface area contributed by atoms with Crippen molar-refractivity contribution in [2.24, 2.45) is 0 Å². The normalized spacial score (nSPS) is 14.8. The van der Waals surface area contributed by atoms with E-state index >= 15 is 0 Å². The number of nitrogens with zero attached hydrogens (tertiary/aromatic N) is 1. The highest BCUT2D eigenvalue weighted by Crippen LogP contribution is 2.32. The molecule has 32 heavy (non-hydrogen) atoms. The van der Waals surface area contributed by atoms with Crippen LogP contribution in [0.5, 0.6) is 5.75 Å². The number of rotatable bonds is 5. The van der Waals surface area contributed by atoms with Gasteiger partial charge < -0.3 is 20.7 Å². The number of carbonyl (C=O) groups excluding carboxylic acids is 2. The van der Waals surface area contributed by atoms with Crippen molar-refractivity contribution in [3.05, 3.63) is 69.0 Å². The molecular weight excluding hydrogens is 434 g/mol. The van der Waals surface area contributed by atoms with Gasteiger partial charge in [0.05, 0.1) is 35.0 Å². The molecule has 0 fully saturated rings. The Morgan fingerprint density at radius 2 is 1.97 bits per heavy atom. The molecule has 2 aromatic carbocycles. The highest BCUT2D eigenvalue weighted by atomic mass is 35.5. The number of nitrogens with one attached hydrogen (secondary N) is 4. The van der Waals surface area contributed by atoms with Crippen molar-refractivity contribution >= 4 is 46.6 Å². The number of ether oxygens (including phenoxy) is 1. The van der Waals surface area contributed by atoms with Gasteiger partial charge in [0.25, 0.3) is 5.56 Å². The number of amides is 2. The van der Waals surface area contributed by atoms with Crippen LogP contribution in [0.15, 0.2) is 47.3 Å². The predicted molar refractivity (Wildman–Crippen MR) is 122 cm³/mol. The molecule has 0 saturated carbocycles. The second-order valence-electron chi connectivity index (χ2n) is 7.28. The van der Waals surface area contributed by atoms with Gasteiger partial charge in [-0.2, -0.15) is 4.98 Å². The topological polar surface area (TPSA) is 125 Å². The first-order valence-electron chi connectivity index (χ1n) is 9.77. The van der Waals surface area contributed by atoms with Gasteiger partial charge in [-0.25, -0.2) is 0 Å². The number of aromatic nitrogens is 2. The molecule has 4 N–H and O–H groups in total. The molecule has 0 bridgehead atoms. The Hall–Kier alpha value is -3.85. The quantitative estimate of drug-likeness (QED) is 0.468. The predicted octanol–water partition coefficient (Wildman–Crippen LogP) is 3.55. The summed E-state index contributed by atoms with van der Waals surface area (Å²) in [5.74, 6) is -1.30. The number of aryl methyl sites for hydroxylation is 1. The van der Waals surface area contributed by atoms with E-state index < -0.39 is 23.3 Å². The number of methoxy groups -OCH3 is 1. The number of hydrogen-bond donors (Lipinski definition) is 4. The van der Waals surface area contributed by atoms with Crippen LogP contribution in [0.1, 0.15) is 23.5 Å². The van der Waals surface area contributed by atoms with Gasteiger partial charge in [-0.15, -0.1) is 0 Å². The number of para-hydroxylation sites is 2. The van der Waals surface area contributed by atoms with Crippen molar-refractivity contribution in [1.29, 1.82) is 0 Å². The summed E-state index contributed by atoms with van der Waals surface area (Å²) in [6.45, 7) is 1.88. The molecule has 2 amide bonds. The first kappa shape index (κ1) is 21.4. The monoisotopic (exact) mass is 453 g/mol. The Bertz CT molecular complexity index is 1270. The third-order valence-corrected chi connectivity index (χ3v) is 5.32. The first-order chi connectivity index (χ1) is 15.4. The number of benzene rings is 2. The van der Waals surface area contributed by atoms with Crippen LogP contribution in [0.25, 0.3) is 0 Å². The van der Waals surface area contributed by atoms with Crippen LogP contribution in [0.2, 0.25) is 5.02 Å². The minimum atomic E-state index is -1.02. The smallest absolute Gasteiger partial charge is 0.258 e. The Labute approximate surface area is 188 Å². The van der Waals surface area contributed by atoms with E-state index in [1.54, 1.807) is 42.5 Å².